The highest BCUT2D eigenvalue weighted by atomic mass is 16.2. The fraction of sp³-hybridized carbons (Fsp3) is 0.357. The van der Waals surface area contributed by atoms with Crippen LogP contribution in [0.2, 0.25) is 0 Å². The third kappa shape index (κ3) is 3.34. The van der Waals surface area contributed by atoms with Gasteiger partial charge in [0.2, 0.25) is 17.7 Å². The van der Waals surface area contributed by atoms with Gasteiger partial charge in [-0.25, -0.2) is 0 Å². The topological polar surface area (TPSA) is 92.5 Å². The Kier molecular flexibility index (Phi) is 4.34. The van der Waals surface area contributed by atoms with Crippen LogP contribution in [0.1, 0.15) is 25.7 Å². The van der Waals surface area contributed by atoms with Gasteiger partial charge in [0.25, 0.3) is 0 Å². The number of nitrogens with one attached hydrogen (secondary N) is 1. The maximum absolute atomic E-state index is 11.9. The molecule has 1 fully saturated rings. The van der Waals surface area contributed by atoms with Crippen LogP contribution in [-0.4, -0.2) is 29.2 Å². The molecule has 3 N–H and O–H groups in total. The summed E-state index contributed by atoms with van der Waals surface area (Å²) in [6.07, 6.45) is 2.00. The molecule has 0 atom stereocenters. The fourth-order valence-corrected chi connectivity index (χ4v) is 2.08. The number of rotatable bonds is 3. The molecule has 3 amide bonds. The lowest BCUT2D eigenvalue weighted by atomic mass is 10.2. The number of para-hydroxylation sites is 2. The minimum atomic E-state index is -0.425. The third-order valence-corrected chi connectivity index (χ3v) is 3.17. The van der Waals surface area contributed by atoms with E-state index in [0.29, 0.717) is 37.1 Å². The van der Waals surface area contributed by atoms with Crippen molar-refractivity contribution >= 4 is 29.1 Å². The minimum Gasteiger partial charge on any atom is -0.397 e. The van der Waals surface area contributed by atoms with Crippen molar-refractivity contribution in [1.82, 2.24) is 4.90 Å². The van der Waals surface area contributed by atoms with Crippen LogP contribution in [0.25, 0.3) is 0 Å². The normalized spacial score (nSPS) is 15.9. The van der Waals surface area contributed by atoms with E-state index in [-0.39, 0.29) is 18.4 Å². The van der Waals surface area contributed by atoms with Gasteiger partial charge in [-0.2, -0.15) is 0 Å². The van der Waals surface area contributed by atoms with Crippen LogP contribution in [0.3, 0.4) is 0 Å². The summed E-state index contributed by atoms with van der Waals surface area (Å²) in [4.78, 5) is 36.5. The van der Waals surface area contributed by atoms with Crippen LogP contribution in [0.5, 0.6) is 0 Å². The van der Waals surface area contributed by atoms with Crippen molar-refractivity contribution in [3.8, 4) is 0 Å². The molecule has 0 bridgehead atoms. The number of nitrogens with two attached hydrogens (primary N) is 1. The Labute approximate surface area is 116 Å². The lowest BCUT2D eigenvalue weighted by molar-refractivity contribution is -0.146. The van der Waals surface area contributed by atoms with Gasteiger partial charge in [0.05, 0.1) is 11.4 Å². The van der Waals surface area contributed by atoms with E-state index in [1.807, 2.05) is 0 Å². The maximum Gasteiger partial charge on any atom is 0.244 e. The second kappa shape index (κ2) is 6.18. The predicted molar refractivity (Wildman–Crippen MR) is 74.7 cm³/mol. The number of benzene rings is 1. The Morgan fingerprint density at radius 3 is 2.35 bits per heavy atom. The highest BCUT2D eigenvalue weighted by Crippen LogP contribution is 2.17. The van der Waals surface area contributed by atoms with Crippen molar-refractivity contribution in [3.05, 3.63) is 24.3 Å². The van der Waals surface area contributed by atoms with E-state index in [1.165, 1.54) is 0 Å². The summed E-state index contributed by atoms with van der Waals surface area (Å²) in [7, 11) is 0. The zero-order valence-electron chi connectivity index (χ0n) is 11.1. The van der Waals surface area contributed by atoms with Gasteiger partial charge in [-0.1, -0.05) is 12.1 Å². The lowest BCUT2D eigenvalue weighted by Gasteiger charge is -2.18. The molecule has 6 nitrogen and oxygen atoms in total. The van der Waals surface area contributed by atoms with E-state index in [1.54, 1.807) is 24.3 Å². The Morgan fingerprint density at radius 2 is 1.75 bits per heavy atom. The SMILES string of the molecule is Nc1ccccc1NC(=O)CN1C(=O)CCCCC1=O. The number of anilines is 2. The number of amides is 3. The van der Waals surface area contributed by atoms with Gasteiger partial charge < -0.3 is 11.1 Å². The summed E-state index contributed by atoms with van der Waals surface area (Å²) < 4.78 is 0. The van der Waals surface area contributed by atoms with E-state index < -0.39 is 5.91 Å². The highest BCUT2D eigenvalue weighted by molar-refractivity contribution is 6.03. The second-order valence-corrected chi connectivity index (χ2v) is 4.72. The number of carbonyl (C=O) groups is 3. The van der Waals surface area contributed by atoms with Crippen molar-refractivity contribution in [1.29, 1.82) is 0 Å². The fourth-order valence-electron chi connectivity index (χ4n) is 2.08. The number of nitrogens with zero attached hydrogens (tertiary/aromatic N) is 1. The molecule has 1 aliphatic heterocycles. The van der Waals surface area contributed by atoms with E-state index in [9.17, 15) is 14.4 Å². The molecule has 0 radical (unpaired) electrons. The zero-order valence-corrected chi connectivity index (χ0v) is 11.1. The molecule has 20 heavy (non-hydrogen) atoms. The number of likely N-dealkylation sites (tertiary alicyclic amines) is 1. The van der Waals surface area contributed by atoms with Gasteiger partial charge in [-0.3, -0.25) is 19.3 Å². The number of imide groups is 1. The first kappa shape index (κ1) is 14.0. The van der Waals surface area contributed by atoms with Crippen LogP contribution < -0.4 is 11.1 Å². The van der Waals surface area contributed by atoms with E-state index in [2.05, 4.69) is 5.32 Å². The highest BCUT2D eigenvalue weighted by Gasteiger charge is 2.26. The smallest absolute Gasteiger partial charge is 0.244 e. The van der Waals surface area contributed by atoms with Crippen LogP contribution in [-0.2, 0) is 14.4 Å². The Bertz CT molecular complexity index is 524. The summed E-state index contributed by atoms with van der Waals surface area (Å²) in [5.74, 6) is -1.00. The lowest BCUT2D eigenvalue weighted by Crippen LogP contribution is -2.41. The third-order valence-electron chi connectivity index (χ3n) is 3.17. The molecule has 1 saturated heterocycles. The summed E-state index contributed by atoms with van der Waals surface area (Å²) in [6, 6.07) is 6.83. The molecule has 0 aliphatic carbocycles. The monoisotopic (exact) mass is 275 g/mol. The average molecular weight is 275 g/mol. The van der Waals surface area contributed by atoms with E-state index in [4.69, 9.17) is 5.73 Å². The quantitative estimate of drug-likeness (QED) is 0.639. The van der Waals surface area contributed by atoms with Crippen LogP contribution in [0, 0.1) is 0 Å². The first-order valence-corrected chi connectivity index (χ1v) is 6.55. The average Bonchev–Trinajstić information content (AvgIpc) is 2.57. The summed E-state index contributed by atoms with van der Waals surface area (Å²) in [6.45, 7) is -0.258. The van der Waals surface area contributed by atoms with Crippen molar-refractivity contribution < 1.29 is 14.4 Å². The number of carbonyl (C=O) groups excluding carboxylic acids is 3. The Balaban J connectivity index is 2.01. The Hall–Kier alpha value is -2.37. The second-order valence-electron chi connectivity index (χ2n) is 4.72. The van der Waals surface area contributed by atoms with Crippen LogP contribution >= 0.6 is 0 Å². The van der Waals surface area contributed by atoms with Crippen molar-refractivity contribution in [2.45, 2.75) is 25.7 Å². The van der Waals surface area contributed by atoms with Gasteiger partial charge in [-0.15, -0.1) is 0 Å². The van der Waals surface area contributed by atoms with Crippen LogP contribution in [0.15, 0.2) is 24.3 Å². The largest absolute Gasteiger partial charge is 0.397 e. The van der Waals surface area contributed by atoms with E-state index >= 15 is 0 Å². The zero-order chi connectivity index (χ0) is 14.5. The van der Waals surface area contributed by atoms with Gasteiger partial charge in [0.1, 0.15) is 6.54 Å². The summed E-state index contributed by atoms with van der Waals surface area (Å²) in [5.41, 5.74) is 6.64. The van der Waals surface area contributed by atoms with E-state index in [0.717, 1.165) is 4.90 Å². The van der Waals surface area contributed by atoms with Crippen molar-refractivity contribution in [3.63, 3.8) is 0 Å². The van der Waals surface area contributed by atoms with Gasteiger partial charge in [0.15, 0.2) is 0 Å². The standard InChI is InChI=1S/C14H17N3O3/c15-10-5-1-2-6-11(10)16-12(18)9-17-13(19)7-3-4-8-14(17)20/h1-2,5-6H,3-4,7-9,15H2,(H,16,18). The molecule has 1 aromatic carbocycles. The van der Waals surface area contributed by atoms with Gasteiger partial charge >= 0.3 is 0 Å². The van der Waals surface area contributed by atoms with Crippen molar-refractivity contribution in [2.75, 3.05) is 17.6 Å². The predicted octanol–water partition coefficient (Wildman–Crippen LogP) is 1.14. The van der Waals surface area contributed by atoms with Crippen molar-refractivity contribution in [2.24, 2.45) is 0 Å². The number of hydrogen-bond acceptors (Lipinski definition) is 4. The molecule has 6 heteroatoms. The molecule has 1 heterocycles. The molecule has 0 aromatic heterocycles. The molecule has 1 aliphatic rings. The van der Waals surface area contributed by atoms with Gasteiger partial charge in [-0.05, 0) is 25.0 Å². The van der Waals surface area contributed by atoms with Gasteiger partial charge in [0, 0.05) is 12.8 Å². The molecule has 0 unspecified atom stereocenters. The molecular formula is C14H17N3O3. The molecule has 0 saturated carbocycles. The minimum absolute atomic E-state index is 0.258. The molecule has 2 rings (SSSR count). The first-order valence-electron chi connectivity index (χ1n) is 6.55. The number of hydrogen-bond donors (Lipinski definition) is 2. The van der Waals surface area contributed by atoms with Crippen LogP contribution in [0.4, 0.5) is 11.4 Å². The molecule has 1 aromatic rings. The molecular weight excluding hydrogens is 258 g/mol. The molecule has 106 valence electrons. The number of nitrogen functional groups attached to an aromatic ring is 1. The first-order chi connectivity index (χ1) is 9.58. The molecule has 0 spiro atoms. The summed E-state index contributed by atoms with van der Waals surface area (Å²) >= 11 is 0. The maximum atomic E-state index is 11.9. The summed E-state index contributed by atoms with van der Waals surface area (Å²) in [5, 5.41) is 2.61. The Morgan fingerprint density at radius 1 is 1.15 bits per heavy atom.